The molecule has 0 heterocycles. The first kappa shape index (κ1) is 13.8. The van der Waals surface area contributed by atoms with E-state index in [-0.39, 0.29) is 12.5 Å². The average molecular weight is 266 g/mol. The summed E-state index contributed by atoms with van der Waals surface area (Å²) in [6.07, 6.45) is 0. The van der Waals surface area contributed by atoms with Crippen LogP contribution in [0.1, 0.15) is 11.1 Å². The van der Waals surface area contributed by atoms with Gasteiger partial charge in [-0.2, -0.15) is 5.26 Å². The Morgan fingerprint density at radius 1 is 1.10 bits per heavy atom. The van der Waals surface area contributed by atoms with Crippen molar-refractivity contribution in [3.8, 4) is 6.07 Å². The van der Waals surface area contributed by atoms with E-state index in [0.717, 1.165) is 5.56 Å². The van der Waals surface area contributed by atoms with Gasteiger partial charge in [0.2, 0.25) is 5.91 Å². The Kier molecular flexibility index (Phi) is 4.87. The van der Waals surface area contributed by atoms with Gasteiger partial charge in [0.25, 0.3) is 0 Å². The first-order valence-electron chi connectivity index (χ1n) is 6.20. The Labute approximate surface area is 117 Å². The Morgan fingerprint density at radius 3 is 2.55 bits per heavy atom. The van der Waals surface area contributed by atoms with Crippen molar-refractivity contribution in [2.75, 3.05) is 11.9 Å². The van der Waals surface area contributed by atoms with Crippen molar-refractivity contribution < 1.29 is 9.53 Å². The molecule has 20 heavy (non-hydrogen) atoms. The molecule has 0 saturated carbocycles. The lowest BCUT2D eigenvalue weighted by Gasteiger charge is -2.07. The van der Waals surface area contributed by atoms with Crippen LogP contribution in [0, 0.1) is 11.3 Å². The van der Waals surface area contributed by atoms with Crippen LogP contribution in [0.3, 0.4) is 0 Å². The molecule has 0 unspecified atom stereocenters. The molecule has 100 valence electrons. The Bertz CT molecular complexity index is 618. The average Bonchev–Trinajstić information content (AvgIpc) is 2.49. The molecule has 0 saturated heterocycles. The molecule has 0 bridgehead atoms. The Morgan fingerprint density at radius 2 is 1.80 bits per heavy atom. The second-order valence-corrected chi connectivity index (χ2v) is 4.18. The molecular formula is C16H14N2O2. The lowest BCUT2D eigenvalue weighted by molar-refractivity contribution is -0.121. The van der Waals surface area contributed by atoms with Crippen LogP contribution in [0.25, 0.3) is 0 Å². The highest BCUT2D eigenvalue weighted by Gasteiger charge is 2.06. The molecule has 0 aliphatic rings. The molecule has 0 aliphatic heterocycles. The summed E-state index contributed by atoms with van der Waals surface area (Å²) in [5.41, 5.74) is 1.95. The first-order chi connectivity index (χ1) is 9.79. The number of hydrogen-bond acceptors (Lipinski definition) is 3. The van der Waals surface area contributed by atoms with E-state index in [9.17, 15) is 4.79 Å². The van der Waals surface area contributed by atoms with E-state index in [1.165, 1.54) is 0 Å². The molecule has 0 atom stereocenters. The minimum absolute atomic E-state index is 0.0470. The van der Waals surface area contributed by atoms with Crippen molar-refractivity contribution in [2.45, 2.75) is 6.61 Å². The van der Waals surface area contributed by atoms with Crippen LogP contribution >= 0.6 is 0 Å². The van der Waals surface area contributed by atoms with Gasteiger partial charge in [-0.25, -0.2) is 0 Å². The highest BCUT2D eigenvalue weighted by Crippen LogP contribution is 2.13. The summed E-state index contributed by atoms with van der Waals surface area (Å²) in [6, 6.07) is 18.5. The van der Waals surface area contributed by atoms with Gasteiger partial charge in [0, 0.05) is 0 Å². The molecule has 1 amide bonds. The van der Waals surface area contributed by atoms with Crippen LogP contribution in [0.2, 0.25) is 0 Å². The van der Waals surface area contributed by atoms with Gasteiger partial charge in [0.1, 0.15) is 12.7 Å². The van der Waals surface area contributed by atoms with Crippen molar-refractivity contribution in [2.24, 2.45) is 0 Å². The van der Waals surface area contributed by atoms with Crippen molar-refractivity contribution in [3.63, 3.8) is 0 Å². The normalized spacial score (nSPS) is 9.75. The highest BCUT2D eigenvalue weighted by molar-refractivity contribution is 5.92. The van der Waals surface area contributed by atoms with Crippen LogP contribution in [0.15, 0.2) is 54.6 Å². The number of hydrogen-bond donors (Lipinski definition) is 1. The highest BCUT2D eigenvalue weighted by atomic mass is 16.5. The summed E-state index contributed by atoms with van der Waals surface area (Å²) < 4.78 is 5.33. The monoisotopic (exact) mass is 266 g/mol. The molecule has 2 aromatic carbocycles. The van der Waals surface area contributed by atoms with E-state index in [2.05, 4.69) is 5.32 Å². The van der Waals surface area contributed by atoms with Gasteiger partial charge in [0.05, 0.1) is 17.9 Å². The lowest BCUT2D eigenvalue weighted by Crippen LogP contribution is -2.18. The molecule has 0 fully saturated rings. The number of nitriles is 1. The standard InChI is InChI=1S/C16H14N2O2/c17-10-14-8-4-5-9-15(14)18-16(19)12-20-11-13-6-2-1-3-7-13/h1-9H,11-12H2,(H,18,19). The summed E-state index contributed by atoms with van der Waals surface area (Å²) in [5.74, 6) is -0.274. The summed E-state index contributed by atoms with van der Waals surface area (Å²) in [5, 5.41) is 11.6. The van der Waals surface area contributed by atoms with Crippen LogP contribution in [-0.4, -0.2) is 12.5 Å². The van der Waals surface area contributed by atoms with Gasteiger partial charge in [-0.3, -0.25) is 4.79 Å². The van der Waals surface area contributed by atoms with Crippen molar-refractivity contribution in [3.05, 3.63) is 65.7 Å². The maximum absolute atomic E-state index is 11.7. The van der Waals surface area contributed by atoms with Crippen LogP contribution in [-0.2, 0) is 16.1 Å². The topological polar surface area (TPSA) is 62.1 Å². The zero-order valence-corrected chi connectivity index (χ0v) is 10.9. The number of ether oxygens (including phenoxy) is 1. The van der Waals surface area contributed by atoms with E-state index in [1.54, 1.807) is 24.3 Å². The second-order valence-electron chi connectivity index (χ2n) is 4.18. The minimum Gasteiger partial charge on any atom is -0.367 e. The van der Waals surface area contributed by atoms with Crippen LogP contribution in [0.5, 0.6) is 0 Å². The van der Waals surface area contributed by atoms with Gasteiger partial charge in [-0.05, 0) is 17.7 Å². The SMILES string of the molecule is N#Cc1ccccc1NC(=O)COCc1ccccc1. The Hall–Kier alpha value is -2.64. The molecule has 0 aliphatic carbocycles. The smallest absolute Gasteiger partial charge is 0.250 e. The van der Waals surface area contributed by atoms with E-state index in [4.69, 9.17) is 10.00 Å². The zero-order valence-electron chi connectivity index (χ0n) is 10.9. The predicted octanol–water partition coefficient (Wildman–Crippen LogP) is 2.71. The van der Waals surface area contributed by atoms with Gasteiger partial charge in [-0.1, -0.05) is 42.5 Å². The molecule has 0 radical (unpaired) electrons. The molecule has 0 aromatic heterocycles. The third kappa shape index (κ3) is 3.94. The molecule has 1 N–H and O–H groups in total. The zero-order chi connectivity index (χ0) is 14.2. The molecule has 4 heteroatoms. The van der Waals surface area contributed by atoms with E-state index in [0.29, 0.717) is 17.9 Å². The third-order valence-electron chi connectivity index (χ3n) is 2.67. The number of benzene rings is 2. The quantitative estimate of drug-likeness (QED) is 0.905. The number of amides is 1. The fourth-order valence-corrected chi connectivity index (χ4v) is 1.71. The number of nitrogens with one attached hydrogen (secondary N) is 1. The molecule has 2 rings (SSSR count). The second kappa shape index (κ2) is 7.07. The summed E-state index contributed by atoms with van der Waals surface area (Å²) in [4.78, 5) is 11.7. The maximum atomic E-state index is 11.7. The number of para-hydroxylation sites is 1. The van der Waals surface area contributed by atoms with E-state index < -0.39 is 0 Å². The fourth-order valence-electron chi connectivity index (χ4n) is 1.71. The number of carbonyl (C=O) groups excluding carboxylic acids is 1. The van der Waals surface area contributed by atoms with E-state index >= 15 is 0 Å². The van der Waals surface area contributed by atoms with E-state index in [1.807, 2.05) is 36.4 Å². The molecule has 4 nitrogen and oxygen atoms in total. The number of anilines is 1. The lowest BCUT2D eigenvalue weighted by atomic mass is 10.2. The van der Waals surface area contributed by atoms with Crippen molar-refractivity contribution >= 4 is 11.6 Å². The van der Waals surface area contributed by atoms with Gasteiger partial charge >= 0.3 is 0 Å². The minimum atomic E-state index is -0.274. The van der Waals surface area contributed by atoms with Crippen molar-refractivity contribution in [1.29, 1.82) is 5.26 Å². The summed E-state index contributed by atoms with van der Waals surface area (Å²) in [6.45, 7) is 0.336. The van der Waals surface area contributed by atoms with Gasteiger partial charge < -0.3 is 10.1 Å². The Balaban J connectivity index is 1.83. The molecule has 2 aromatic rings. The van der Waals surface area contributed by atoms with Crippen LogP contribution < -0.4 is 5.32 Å². The maximum Gasteiger partial charge on any atom is 0.250 e. The van der Waals surface area contributed by atoms with Crippen molar-refractivity contribution in [1.82, 2.24) is 0 Å². The fraction of sp³-hybridized carbons (Fsp3) is 0.125. The predicted molar refractivity (Wildman–Crippen MR) is 75.9 cm³/mol. The van der Waals surface area contributed by atoms with Crippen LogP contribution in [0.4, 0.5) is 5.69 Å². The third-order valence-corrected chi connectivity index (χ3v) is 2.67. The number of rotatable bonds is 5. The molecule has 0 spiro atoms. The summed E-state index contributed by atoms with van der Waals surface area (Å²) in [7, 11) is 0. The largest absolute Gasteiger partial charge is 0.367 e. The summed E-state index contributed by atoms with van der Waals surface area (Å²) >= 11 is 0. The van der Waals surface area contributed by atoms with Gasteiger partial charge in [0.15, 0.2) is 0 Å². The molecular weight excluding hydrogens is 252 g/mol. The number of carbonyl (C=O) groups is 1. The number of nitrogens with zero attached hydrogens (tertiary/aromatic N) is 1. The van der Waals surface area contributed by atoms with Gasteiger partial charge in [-0.15, -0.1) is 0 Å². The first-order valence-corrected chi connectivity index (χ1v) is 6.20.